The van der Waals surface area contributed by atoms with Gasteiger partial charge in [0.05, 0.1) is 6.61 Å². The molecular formula is C13H22N2O. The van der Waals surface area contributed by atoms with E-state index in [1.54, 1.807) is 0 Å². The van der Waals surface area contributed by atoms with Gasteiger partial charge in [0.2, 0.25) is 0 Å². The van der Waals surface area contributed by atoms with Crippen molar-refractivity contribution >= 4 is 5.69 Å². The zero-order chi connectivity index (χ0) is 12.0. The molecule has 1 atom stereocenters. The number of rotatable bonds is 6. The minimum Gasteiger partial charge on any atom is -0.395 e. The second-order valence-electron chi connectivity index (χ2n) is 4.15. The number of aliphatic hydroxyl groups is 1. The van der Waals surface area contributed by atoms with Gasteiger partial charge in [-0.15, -0.1) is 0 Å². The van der Waals surface area contributed by atoms with Gasteiger partial charge in [-0.3, -0.25) is 0 Å². The van der Waals surface area contributed by atoms with Crippen LogP contribution in [0.25, 0.3) is 0 Å². The molecule has 0 saturated heterocycles. The quantitative estimate of drug-likeness (QED) is 0.767. The van der Waals surface area contributed by atoms with Gasteiger partial charge in [0.1, 0.15) is 0 Å². The SMILES string of the molecule is CCN(CCC(N)CO)c1ccc(C)cc1. The van der Waals surface area contributed by atoms with Gasteiger partial charge in [-0.1, -0.05) is 17.7 Å². The van der Waals surface area contributed by atoms with Crippen LogP contribution in [-0.4, -0.2) is 30.8 Å². The van der Waals surface area contributed by atoms with Crippen molar-refractivity contribution in [3.8, 4) is 0 Å². The van der Waals surface area contributed by atoms with Crippen LogP contribution >= 0.6 is 0 Å². The summed E-state index contributed by atoms with van der Waals surface area (Å²) >= 11 is 0. The summed E-state index contributed by atoms with van der Waals surface area (Å²) in [4.78, 5) is 2.27. The van der Waals surface area contributed by atoms with E-state index < -0.39 is 0 Å². The number of nitrogens with two attached hydrogens (primary N) is 1. The molecule has 3 nitrogen and oxygen atoms in total. The standard InChI is InChI=1S/C13H22N2O/c1-3-15(9-8-12(14)10-16)13-6-4-11(2)5-7-13/h4-7,12,16H,3,8-10,14H2,1-2H3. The van der Waals surface area contributed by atoms with E-state index in [1.807, 2.05) is 0 Å². The second kappa shape index (κ2) is 6.51. The predicted molar refractivity (Wildman–Crippen MR) is 68.7 cm³/mol. The van der Waals surface area contributed by atoms with Crippen molar-refractivity contribution in [2.45, 2.75) is 26.3 Å². The maximum Gasteiger partial charge on any atom is 0.0583 e. The third kappa shape index (κ3) is 3.83. The fourth-order valence-electron chi connectivity index (χ4n) is 1.64. The van der Waals surface area contributed by atoms with E-state index >= 15 is 0 Å². The Hall–Kier alpha value is -1.06. The summed E-state index contributed by atoms with van der Waals surface area (Å²) in [5.41, 5.74) is 8.19. The summed E-state index contributed by atoms with van der Waals surface area (Å²) in [5, 5.41) is 8.88. The minimum absolute atomic E-state index is 0.0610. The van der Waals surface area contributed by atoms with E-state index in [0.29, 0.717) is 0 Å². The fraction of sp³-hybridized carbons (Fsp3) is 0.538. The molecule has 16 heavy (non-hydrogen) atoms. The average Bonchev–Trinajstić information content (AvgIpc) is 2.31. The first-order valence-electron chi connectivity index (χ1n) is 5.85. The Morgan fingerprint density at radius 2 is 1.94 bits per heavy atom. The molecule has 1 aromatic rings. The number of nitrogens with zero attached hydrogens (tertiary/aromatic N) is 1. The molecule has 0 aliphatic rings. The van der Waals surface area contributed by atoms with Crippen molar-refractivity contribution in [2.24, 2.45) is 5.73 Å². The number of aryl methyl sites for hydroxylation is 1. The van der Waals surface area contributed by atoms with Crippen LogP contribution in [-0.2, 0) is 0 Å². The van der Waals surface area contributed by atoms with Crippen molar-refractivity contribution in [1.29, 1.82) is 0 Å². The monoisotopic (exact) mass is 222 g/mol. The molecule has 1 unspecified atom stereocenters. The van der Waals surface area contributed by atoms with Gasteiger partial charge >= 0.3 is 0 Å². The fourth-order valence-corrected chi connectivity index (χ4v) is 1.64. The molecule has 3 heteroatoms. The molecular weight excluding hydrogens is 200 g/mol. The summed E-state index contributed by atoms with van der Waals surface area (Å²) < 4.78 is 0. The number of hydrogen-bond acceptors (Lipinski definition) is 3. The smallest absolute Gasteiger partial charge is 0.0583 e. The number of benzene rings is 1. The maximum absolute atomic E-state index is 8.88. The predicted octanol–water partition coefficient (Wildman–Crippen LogP) is 1.53. The zero-order valence-electron chi connectivity index (χ0n) is 10.2. The summed E-state index contributed by atoms with van der Waals surface area (Å²) in [5.74, 6) is 0. The van der Waals surface area contributed by atoms with Crippen LogP contribution in [0, 0.1) is 6.92 Å². The zero-order valence-corrected chi connectivity index (χ0v) is 10.2. The van der Waals surface area contributed by atoms with Crippen LogP contribution in [0.3, 0.4) is 0 Å². The molecule has 90 valence electrons. The molecule has 0 amide bonds. The van der Waals surface area contributed by atoms with E-state index in [-0.39, 0.29) is 12.6 Å². The Morgan fingerprint density at radius 3 is 2.44 bits per heavy atom. The van der Waals surface area contributed by atoms with Gasteiger partial charge in [0.25, 0.3) is 0 Å². The van der Waals surface area contributed by atoms with E-state index in [9.17, 15) is 0 Å². The molecule has 0 fully saturated rings. The average molecular weight is 222 g/mol. The molecule has 1 aromatic carbocycles. The Balaban J connectivity index is 2.57. The number of hydrogen-bond donors (Lipinski definition) is 2. The van der Waals surface area contributed by atoms with Crippen LogP contribution in [0.2, 0.25) is 0 Å². The van der Waals surface area contributed by atoms with Crippen LogP contribution in [0.1, 0.15) is 18.9 Å². The van der Waals surface area contributed by atoms with Gasteiger partial charge < -0.3 is 15.7 Å². The summed E-state index contributed by atoms with van der Waals surface area (Å²) in [7, 11) is 0. The summed E-state index contributed by atoms with van der Waals surface area (Å²) in [6, 6.07) is 8.38. The molecule has 1 rings (SSSR count). The molecule has 0 aromatic heterocycles. The number of anilines is 1. The Morgan fingerprint density at radius 1 is 1.31 bits per heavy atom. The molecule has 0 aliphatic heterocycles. The van der Waals surface area contributed by atoms with Gasteiger partial charge in [-0.25, -0.2) is 0 Å². The topological polar surface area (TPSA) is 49.5 Å². The van der Waals surface area contributed by atoms with Crippen LogP contribution in [0.5, 0.6) is 0 Å². The van der Waals surface area contributed by atoms with Crippen molar-refractivity contribution < 1.29 is 5.11 Å². The minimum atomic E-state index is -0.112. The van der Waals surface area contributed by atoms with Crippen LogP contribution < -0.4 is 10.6 Å². The van der Waals surface area contributed by atoms with E-state index in [4.69, 9.17) is 10.8 Å². The Labute approximate surface area is 97.9 Å². The van der Waals surface area contributed by atoms with Gasteiger partial charge in [-0.05, 0) is 32.4 Å². The molecule has 0 spiro atoms. The second-order valence-corrected chi connectivity index (χ2v) is 4.15. The lowest BCUT2D eigenvalue weighted by molar-refractivity contribution is 0.261. The summed E-state index contributed by atoms with van der Waals surface area (Å²) in [6.07, 6.45) is 0.818. The molecule has 3 N–H and O–H groups in total. The first-order chi connectivity index (χ1) is 7.67. The molecule has 0 aliphatic carbocycles. The van der Waals surface area contributed by atoms with Gasteiger partial charge in [0, 0.05) is 24.8 Å². The van der Waals surface area contributed by atoms with Crippen LogP contribution in [0.15, 0.2) is 24.3 Å². The van der Waals surface area contributed by atoms with Crippen molar-refractivity contribution in [1.82, 2.24) is 0 Å². The van der Waals surface area contributed by atoms with E-state index in [0.717, 1.165) is 19.5 Å². The molecule has 0 radical (unpaired) electrons. The third-order valence-electron chi connectivity index (χ3n) is 2.79. The van der Waals surface area contributed by atoms with Crippen molar-refractivity contribution in [3.63, 3.8) is 0 Å². The molecule has 0 bridgehead atoms. The number of aliphatic hydroxyl groups excluding tert-OH is 1. The lowest BCUT2D eigenvalue weighted by Gasteiger charge is -2.24. The Kier molecular flexibility index (Phi) is 5.29. The Bertz CT molecular complexity index is 297. The summed E-state index contributed by atoms with van der Waals surface area (Å²) in [6.45, 7) is 6.13. The van der Waals surface area contributed by atoms with E-state index in [2.05, 4.69) is 43.0 Å². The highest BCUT2D eigenvalue weighted by Crippen LogP contribution is 2.15. The van der Waals surface area contributed by atoms with Crippen molar-refractivity contribution in [2.75, 3.05) is 24.6 Å². The van der Waals surface area contributed by atoms with Crippen molar-refractivity contribution in [3.05, 3.63) is 29.8 Å². The van der Waals surface area contributed by atoms with E-state index in [1.165, 1.54) is 11.3 Å². The maximum atomic E-state index is 8.88. The van der Waals surface area contributed by atoms with Crippen LogP contribution in [0.4, 0.5) is 5.69 Å². The highest BCUT2D eigenvalue weighted by molar-refractivity contribution is 5.47. The third-order valence-corrected chi connectivity index (χ3v) is 2.79. The molecule has 0 heterocycles. The lowest BCUT2D eigenvalue weighted by Crippen LogP contribution is -2.32. The molecule has 0 saturated carbocycles. The van der Waals surface area contributed by atoms with Gasteiger partial charge in [0.15, 0.2) is 0 Å². The highest BCUT2D eigenvalue weighted by atomic mass is 16.3. The lowest BCUT2D eigenvalue weighted by atomic mass is 10.2. The normalized spacial score (nSPS) is 12.5. The first-order valence-corrected chi connectivity index (χ1v) is 5.85. The van der Waals surface area contributed by atoms with Gasteiger partial charge in [-0.2, -0.15) is 0 Å². The largest absolute Gasteiger partial charge is 0.395 e. The highest BCUT2D eigenvalue weighted by Gasteiger charge is 2.06. The first kappa shape index (κ1) is 13.0.